The summed E-state index contributed by atoms with van der Waals surface area (Å²) in [5, 5.41) is 6.80. The number of hydrogen-bond donors (Lipinski definition) is 3. The van der Waals surface area contributed by atoms with Gasteiger partial charge in [-0.05, 0) is 30.7 Å². The molecular weight excluding hydrogens is 261 g/mol. The molecular formula is C11H13ClFN3O2. The first-order valence-corrected chi connectivity index (χ1v) is 4.74. The van der Waals surface area contributed by atoms with E-state index in [2.05, 4.69) is 4.84 Å². The quantitative estimate of drug-likeness (QED) is 0.330. The van der Waals surface area contributed by atoms with Gasteiger partial charge in [0.25, 0.3) is 0 Å². The third-order valence-corrected chi connectivity index (χ3v) is 1.83. The normalized spacial score (nSPS) is 10.2. The van der Waals surface area contributed by atoms with Crippen molar-refractivity contribution in [1.82, 2.24) is 5.48 Å². The van der Waals surface area contributed by atoms with E-state index in [1.54, 1.807) is 0 Å². The van der Waals surface area contributed by atoms with Crippen molar-refractivity contribution in [3.63, 3.8) is 0 Å². The molecule has 0 radical (unpaired) electrons. The van der Waals surface area contributed by atoms with Gasteiger partial charge in [0.15, 0.2) is 0 Å². The third kappa shape index (κ3) is 5.31. The zero-order valence-electron chi connectivity index (χ0n) is 9.57. The maximum Gasteiger partial charge on any atom is 0.358 e. The molecule has 0 aromatic heterocycles. The number of carbonyl (C=O) groups is 1. The van der Waals surface area contributed by atoms with Crippen molar-refractivity contribution in [1.29, 1.82) is 5.41 Å². The van der Waals surface area contributed by atoms with Crippen molar-refractivity contribution in [2.45, 2.75) is 6.92 Å². The summed E-state index contributed by atoms with van der Waals surface area (Å²) in [5.41, 5.74) is 7.84. The zero-order valence-corrected chi connectivity index (χ0v) is 10.4. The van der Waals surface area contributed by atoms with Gasteiger partial charge in [0.2, 0.25) is 5.96 Å². The first-order chi connectivity index (χ1) is 7.99. The molecule has 5 nitrogen and oxygen atoms in total. The van der Waals surface area contributed by atoms with Crippen LogP contribution in [0.1, 0.15) is 12.5 Å². The van der Waals surface area contributed by atoms with Gasteiger partial charge in [-0.15, -0.1) is 12.4 Å². The van der Waals surface area contributed by atoms with Crippen LogP contribution in [0, 0.1) is 11.2 Å². The zero-order chi connectivity index (χ0) is 12.8. The predicted octanol–water partition coefficient (Wildman–Crippen LogP) is 1.59. The minimum absolute atomic E-state index is 0. The Labute approximate surface area is 110 Å². The Morgan fingerprint density at radius 1 is 1.44 bits per heavy atom. The van der Waals surface area contributed by atoms with Crippen LogP contribution in [-0.2, 0) is 9.63 Å². The molecule has 0 heterocycles. The summed E-state index contributed by atoms with van der Waals surface area (Å²) >= 11 is 0. The van der Waals surface area contributed by atoms with Gasteiger partial charge in [-0.1, -0.05) is 12.1 Å². The summed E-state index contributed by atoms with van der Waals surface area (Å²) in [6.07, 6.45) is 1.53. The number of hydrogen-bond acceptors (Lipinski definition) is 3. The topological polar surface area (TPSA) is 88.2 Å². The number of guanidine groups is 1. The van der Waals surface area contributed by atoms with Crippen LogP contribution in [0.4, 0.5) is 4.39 Å². The van der Waals surface area contributed by atoms with Crippen molar-refractivity contribution < 1.29 is 14.0 Å². The fraction of sp³-hybridized carbons (Fsp3) is 0.0909. The molecule has 7 heteroatoms. The molecule has 0 saturated heterocycles. The molecule has 0 unspecified atom stereocenters. The molecule has 0 bridgehead atoms. The maximum absolute atomic E-state index is 12.6. The van der Waals surface area contributed by atoms with Crippen LogP contribution in [0.2, 0.25) is 0 Å². The Kier molecular flexibility index (Phi) is 6.44. The van der Waals surface area contributed by atoms with Crippen LogP contribution >= 0.6 is 12.4 Å². The number of hydroxylamine groups is 1. The number of nitrogens with two attached hydrogens (primary N) is 1. The van der Waals surface area contributed by atoms with Crippen molar-refractivity contribution in [3.05, 3.63) is 41.2 Å². The monoisotopic (exact) mass is 273 g/mol. The summed E-state index contributed by atoms with van der Waals surface area (Å²) in [6, 6.07) is 5.64. The minimum atomic E-state index is -0.662. The lowest BCUT2D eigenvalue weighted by Gasteiger charge is -2.04. The summed E-state index contributed by atoms with van der Waals surface area (Å²) < 4.78 is 12.6. The van der Waals surface area contributed by atoms with E-state index in [9.17, 15) is 9.18 Å². The van der Waals surface area contributed by atoms with Crippen LogP contribution in [0.25, 0.3) is 6.08 Å². The van der Waals surface area contributed by atoms with Crippen molar-refractivity contribution in [3.8, 4) is 0 Å². The van der Waals surface area contributed by atoms with Crippen LogP contribution in [0.15, 0.2) is 29.8 Å². The third-order valence-electron chi connectivity index (χ3n) is 1.83. The standard InChI is InChI=1S/C11H12FN3O2.ClH/c1-7(10(16)17-15-11(13)14)6-8-2-4-9(12)5-3-8;/h2-6H,1H3,(H4,13,14,15);1H/b7-6+;. The number of halogens is 2. The Hall–Kier alpha value is -2.08. The smallest absolute Gasteiger partial charge is 0.358 e. The summed E-state index contributed by atoms with van der Waals surface area (Å²) in [7, 11) is 0. The van der Waals surface area contributed by atoms with Crippen LogP contribution in [0.5, 0.6) is 0 Å². The number of benzene rings is 1. The molecule has 0 atom stereocenters. The van der Waals surface area contributed by atoms with Gasteiger partial charge in [0, 0.05) is 5.57 Å². The van der Waals surface area contributed by atoms with Crippen LogP contribution in [0.3, 0.4) is 0 Å². The second-order valence-corrected chi connectivity index (χ2v) is 3.28. The maximum atomic E-state index is 12.6. The number of nitrogens with one attached hydrogen (secondary N) is 2. The molecule has 0 spiro atoms. The molecule has 0 amide bonds. The van der Waals surface area contributed by atoms with Gasteiger partial charge in [-0.25, -0.2) is 9.18 Å². The second kappa shape index (κ2) is 7.29. The Morgan fingerprint density at radius 3 is 2.50 bits per heavy atom. The molecule has 0 saturated carbocycles. The Morgan fingerprint density at radius 2 is 2.00 bits per heavy atom. The lowest BCUT2D eigenvalue weighted by Crippen LogP contribution is -2.32. The van der Waals surface area contributed by atoms with E-state index in [0.29, 0.717) is 11.1 Å². The lowest BCUT2D eigenvalue weighted by atomic mass is 10.1. The molecule has 98 valence electrons. The van der Waals surface area contributed by atoms with Gasteiger partial charge in [0.1, 0.15) is 5.82 Å². The average molecular weight is 274 g/mol. The number of carbonyl (C=O) groups excluding carboxylic acids is 1. The fourth-order valence-electron chi connectivity index (χ4n) is 1.05. The van der Waals surface area contributed by atoms with E-state index in [4.69, 9.17) is 11.1 Å². The van der Waals surface area contributed by atoms with Gasteiger partial charge in [-0.3, -0.25) is 5.41 Å². The van der Waals surface area contributed by atoms with Gasteiger partial charge in [-0.2, -0.15) is 5.48 Å². The van der Waals surface area contributed by atoms with Gasteiger partial charge < -0.3 is 10.6 Å². The van der Waals surface area contributed by atoms with E-state index < -0.39 is 11.9 Å². The molecule has 18 heavy (non-hydrogen) atoms. The average Bonchev–Trinajstić information content (AvgIpc) is 2.28. The molecule has 1 rings (SSSR count). The molecule has 0 fully saturated rings. The highest BCUT2D eigenvalue weighted by Gasteiger charge is 2.06. The summed E-state index contributed by atoms with van der Waals surface area (Å²) in [4.78, 5) is 15.8. The van der Waals surface area contributed by atoms with E-state index in [1.807, 2.05) is 5.48 Å². The molecule has 1 aromatic rings. The Bertz CT molecular complexity index is 460. The van der Waals surface area contributed by atoms with Crippen LogP contribution in [-0.4, -0.2) is 11.9 Å². The summed E-state index contributed by atoms with van der Waals surface area (Å²) in [6.45, 7) is 1.54. The number of rotatable bonds is 2. The first kappa shape index (κ1) is 15.9. The van der Waals surface area contributed by atoms with Crippen LogP contribution < -0.4 is 11.2 Å². The van der Waals surface area contributed by atoms with Crippen molar-refractivity contribution >= 4 is 30.4 Å². The second-order valence-electron chi connectivity index (χ2n) is 3.28. The van der Waals surface area contributed by atoms with E-state index >= 15 is 0 Å². The highest BCUT2D eigenvalue weighted by Crippen LogP contribution is 2.08. The SMILES string of the molecule is C/C(=C\c1ccc(F)cc1)C(=O)ONC(=N)N.Cl. The van der Waals surface area contributed by atoms with Crippen molar-refractivity contribution in [2.24, 2.45) is 5.73 Å². The van der Waals surface area contributed by atoms with Gasteiger partial charge >= 0.3 is 5.97 Å². The highest BCUT2D eigenvalue weighted by molar-refractivity contribution is 5.93. The fourth-order valence-corrected chi connectivity index (χ4v) is 1.05. The highest BCUT2D eigenvalue weighted by atomic mass is 35.5. The Balaban J connectivity index is 0.00000289. The largest absolute Gasteiger partial charge is 0.368 e. The summed E-state index contributed by atoms with van der Waals surface area (Å²) in [5.74, 6) is -1.47. The minimum Gasteiger partial charge on any atom is -0.368 e. The van der Waals surface area contributed by atoms with E-state index in [0.717, 1.165) is 0 Å². The van der Waals surface area contributed by atoms with E-state index in [-0.39, 0.29) is 18.2 Å². The van der Waals surface area contributed by atoms with Gasteiger partial charge in [0.05, 0.1) is 0 Å². The predicted molar refractivity (Wildman–Crippen MR) is 68.4 cm³/mol. The molecule has 0 aliphatic rings. The molecule has 4 N–H and O–H groups in total. The first-order valence-electron chi connectivity index (χ1n) is 4.74. The van der Waals surface area contributed by atoms with E-state index in [1.165, 1.54) is 37.3 Å². The molecule has 0 aliphatic carbocycles. The molecule has 0 aliphatic heterocycles. The van der Waals surface area contributed by atoms with Crippen molar-refractivity contribution in [2.75, 3.05) is 0 Å². The lowest BCUT2D eigenvalue weighted by molar-refractivity contribution is -0.142. The molecule has 1 aromatic carbocycles.